The highest BCUT2D eigenvalue weighted by Crippen LogP contribution is 2.23. The van der Waals surface area contributed by atoms with Gasteiger partial charge < -0.3 is 14.8 Å². The molecule has 0 radical (unpaired) electrons. The van der Waals surface area contributed by atoms with Gasteiger partial charge in [0.1, 0.15) is 5.56 Å². The van der Waals surface area contributed by atoms with Gasteiger partial charge in [0.25, 0.3) is 5.91 Å². The highest BCUT2D eigenvalue weighted by atomic mass is 16.1. The smallest absolute Gasteiger partial charge is 0.256 e. The summed E-state index contributed by atoms with van der Waals surface area (Å²) in [4.78, 5) is 15.8. The zero-order valence-electron chi connectivity index (χ0n) is 20.7. The van der Waals surface area contributed by atoms with Gasteiger partial charge in [0, 0.05) is 18.9 Å². The molecule has 0 bridgehead atoms. The Hall–Kier alpha value is -2.86. The number of carbonyl (C=O) groups is 1. The summed E-state index contributed by atoms with van der Waals surface area (Å²) in [6.07, 6.45) is 9.75. The van der Waals surface area contributed by atoms with E-state index >= 15 is 0 Å². The van der Waals surface area contributed by atoms with E-state index in [9.17, 15) is 4.79 Å². The van der Waals surface area contributed by atoms with Crippen LogP contribution in [0.3, 0.4) is 0 Å². The number of unbranched alkanes of at least 4 members (excludes halogenated alkanes) is 2. The minimum absolute atomic E-state index is 0.0665. The largest absolute Gasteiger partial charge is 0.352 e. The third kappa shape index (κ3) is 6.57. The van der Waals surface area contributed by atoms with Crippen molar-refractivity contribution < 1.29 is 4.79 Å². The molecule has 0 fully saturated rings. The van der Waals surface area contributed by atoms with Gasteiger partial charge in [0.15, 0.2) is 5.82 Å². The Kier molecular flexibility index (Phi) is 9.31. The lowest BCUT2D eigenvalue weighted by atomic mass is 10.2. The van der Waals surface area contributed by atoms with Crippen molar-refractivity contribution in [2.75, 3.05) is 26.2 Å². The van der Waals surface area contributed by atoms with Gasteiger partial charge in [-0.2, -0.15) is 5.10 Å². The molecule has 178 valence electrons. The lowest BCUT2D eigenvalue weighted by Gasteiger charge is -2.22. The van der Waals surface area contributed by atoms with E-state index in [1.807, 2.05) is 52.8 Å². The van der Waals surface area contributed by atoms with E-state index in [1.54, 1.807) is 0 Å². The minimum atomic E-state index is -0.0665. The molecular formula is C27H39N5O. The van der Waals surface area contributed by atoms with E-state index in [1.165, 1.54) is 31.2 Å². The number of rotatable bonds is 13. The van der Waals surface area contributed by atoms with Crippen molar-refractivity contribution in [3.8, 4) is 11.5 Å². The number of nitrogens with one attached hydrogen (secondary N) is 1. The van der Waals surface area contributed by atoms with Crippen LogP contribution < -0.4 is 5.32 Å². The highest BCUT2D eigenvalue weighted by Gasteiger charge is 2.23. The predicted octanol–water partition coefficient (Wildman–Crippen LogP) is 5.30. The first-order valence-corrected chi connectivity index (χ1v) is 12.4. The molecule has 3 rings (SSSR count). The molecule has 0 atom stereocenters. The van der Waals surface area contributed by atoms with Gasteiger partial charge in [-0.05, 0) is 77.0 Å². The topological polar surface area (TPSA) is 55.1 Å². The fraction of sp³-hybridized carbons (Fsp3) is 0.481. The van der Waals surface area contributed by atoms with E-state index in [2.05, 4.69) is 43.1 Å². The normalized spacial score (nSPS) is 11.3. The molecule has 0 unspecified atom stereocenters. The van der Waals surface area contributed by atoms with E-state index in [0.29, 0.717) is 12.1 Å². The Morgan fingerprint density at radius 2 is 1.55 bits per heavy atom. The molecule has 2 aromatic heterocycles. The standard InChI is InChI=1S/C27H39N5O/c1-5-7-17-30(18-8-6-2)19-11-16-28-26(33)25-23(4)29-32(24-14-12-22(3)13-15-24)27(25)31-20-9-10-21-31/h9-10,12-15,20-21H,5-8,11,16-19H2,1-4H3,(H,28,33). The Balaban J connectivity index is 1.73. The van der Waals surface area contributed by atoms with Gasteiger partial charge in [-0.15, -0.1) is 0 Å². The second kappa shape index (κ2) is 12.4. The molecule has 0 saturated carbocycles. The maximum atomic E-state index is 13.3. The number of benzene rings is 1. The summed E-state index contributed by atoms with van der Waals surface area (Å²) in [5.41, 5.74) is 3.48. The van der Waals surface area contributed by atoms with Crippen LogP contribution in [0.1, 0.15) is 67.6 Å². The third-order valence-electron chi connectivity index (χ3n) is 5.98. The van der Waals surface area contributed by atoms with E-state index in [-0.39, 0.29) is 5.91 Å². The molecule has 1 amide bonds. The summed E-state index contributed by atoms with van der Waals surface area (Å²) in [6, 6.07) is 12.1. The molecule has 2 heterocycles. The summed E-state index contributed by atoms with van der Waals surface area (Å²) in [5.74, 6) is 0.703. The molecule has 1 aromatic carbocycles. The van der Waals surface area contributed by atoms with Gasteiger partial charge >= 0.3 is 0 Å². The van der Waals surface area contributed by atoms with Crippen LogP contribution in [0.4, 0.5) is 0 Å². The molecule has 3 aromatic rings. The van der Waals surface area contributed by atoms with Crippen molar-refractivity contribution in [1.82, 2.24) is 24.6 Å². The van der Waals surface area contributed by atoms with Crippen LogP contribution in [0.5, 0.6) is 0 Å². The van der Waals surface area contributed by atoms with Crippen molar-refractivity contribution in [1.29, 1.82) is 0 Å². The Morgan fingerprint density at radius 1 is 0.939 bits per heavy atom. The SMILES string of the molecule is CCCCN(CCCC)CCCNC(=O)c1c(C)nn(-c2ccc(C)cc2)c1-n1cccc1. The first-order valence-electron chi connectivity index (χ1n) is 12.4. The fourth-order valence-electron chi connectivity index (χ4n) is 4.05. The van der Waals surface area contributed by atoms with Gasteiger partial charge in [0.05, 0.1) is 11.4 Å². The summed E-state index contributed by atoms with van der Waals surface area (Å²) < 4.78 is 3.83. The number of carbonyl (C=O) groups excluding carboxylic acids is 1. The number of aryl methyl sites for hydroxylation is 2. The van der Waals surface area contributed by atoms with Crippen molar-refractivity contribution in [2.45, 2.75) is 59.8 Å². The molecule has 1 N–H and O–H groups in total. The van der Waals surface area contributed by atoms with E-state index < -0.39 is 0 Å². The van der Waals surface area contributed by atoms with Crippen LogP contribution in [-0.4, -0.2) is 51.3 Å². The van der Waals surface area contributed by atoms with Gasteiger partial charge in [0.2, 0.25) is 0 Å². The minimum Gasteiger partial charge on any atom is -0.352 e. The number of amides is 1. The second-order valence-corrected chi connectivity index (χ2v) is 8.78. The van der Waals surface area contributed by atoms with Crippen LogP contribution in [0.25, 0.3) is 11.5 Å². The lowest BCUT2D eigenvalue weighted by Crippen LogP contribution is -2.31. The van der Waals surface area contributed by atoms with Crippen LogP contribution in [0, 0.1) is 13.8 Å². The molecular weight excluding hydrogens is 410 g/mol. The van der Waals surface area contributed by atoms with Crippen molar-refractivity contribution in [2.24, 2.45) is 0 Å². The molecule has 6 heteroatoms. The average molecular weight is 450 g/mol. The van der Waals surface area contributed by atoms with Gasteiger partial charge in [-0.3, -0.25) is 4.79 Å². The second-order valence-electron chi connectivity index (χ2n) is 8.78. The number of hydrogen-bond acceptors (Lipinski definition) is 3. The molecule has 0 aliphatic rings. The van der Waals surface area contributed by atoms with Crippen LogP contribution in [-0.2, 0) is 0 Å². The lowest BCUT2D eigenvalue weighted by molar-refractivity contribution is 0.0951. The van der Waals surface area contributed by atoms with Crippen molar-refractivity contribution in [3.63, 3.8) is 0 Å². The fourth-order valence-corrected chi connectivity index (χ4v) is 4.05. The summed E-state index contributed by atoms with van der Waals surface area (Å²) in [5, 5.41) is 7.89. The number of hydrogen-bond donors (Lipinski definition) is 1. The van der Waals surface area contributed by atoms with Crippen molar-refractivity contribution in [3.05, 3.63) is 65.6 Å². The van der Waals surface area contributed by atoms with Gasteiger partial charge in [-0.1, -0.05) is 44.4 Å². The zero-order chi connectivity index (χ0) is 23.6. The first-order chi connectivity index (χ1) is 16.0. The Morgan fingerprint density at radius 3 is 2.15 bits per heavy atom. The molecule has 0 aliphatic heterocycles. The number of aromatic nitrogens is 3. The summed E-state index contributed by atoms with van der Waals surface area (Å²) in [6.45, 7) is 12.4. The molecule has 6 nitrogen and oxygen atoms in total. The molecule has 33 heavy (non-hydrogen) atoms. The zero-order valence-corrected chi connectivity index (χ0v) is 20.7. The van der Waals surface area contributed by atoms with Crippen LogP contribution in [0.2, 0.25) is 0 Å². The molecule has 0 saturated heterocycles. The maximum Gasteiger partial charge on any atom is 0.256 e. The van der Waals surface area contributed by atoms with Crippen LogP contribution >= 0.6 is 0 Å². The Labute approximate surface area is 198 Å². The van der Waals surface area contributed by atoms with Crippen LogP contribution in [0.15, 0.2) is 48.8 Å². The maximum absolute atomic E-state index is 13.3. The van der Waals surface area contributed by atoms with E-state index in [4.69, 9.17) is 5.10 Å². The highest BCUT2D eigenvalue weighted by molar-refractivity contribution is 5.98. The third-order valence-corrected chi connectivity index (χ3v) is 5.98. The van der Waals surface area contributed by atoms with E-state index in [0.717, 1.165) is 43.3 Å². The quantitative estimate of drug-likeness (QED) is 0.360. The Bertz CT molecular complexity index is 980. The van der Waals surface area contributed by atoms with Gasteiger partial charge in [-0.25, -0.2) is 4.68 Å². The first kappa shape index (κ1) is 24.8. The summed E-state index contributed by atoms with van der Waals surface area (Å²) >= 11 is 0. The molecule has 0 spiro atoms. The monoisotopic (exact) mass is 449 g/mol. The molecule has 0 aliphatic carbocycles. The summed E-state index contributed by atoms with van der Waals surface area (Å²) in [7, 11) is 0. The average Bonchev–Trinajstić information content (AvgIpc) is 3.46. The predicted molar refractivity (Wildman–Crippen MR) is 136 cm³/mol. The number of nitrogens with zero attached hydrogens (tertiary/aromatic N) is 4. The van der Waals surface area contributed by atoms with Crippen molar-refractivity contribution >= 4 is 5.91 Å².